The Bertz CT molecular complexity index is 216. The standard InChI is InChI=1S/C9H17N3OS/c1-14-7-3-2-5-10-6-4-9-11-8-12-13-9/h8,10H,2-7H2,1H3. The van der Waals surface area contributed by atoms with Crippen molar-refractivity contribution in [2.24, 2.45) is 0 Å². The van der Waals surface area contributed by atoms with Crippen LogP contribution >= 0.6 is 11.8 Å². The van der Waals surface area contributed by atoms with E-state index in [1.807, 2.05) is 11.8 Å². The van der Waals surface area contributed by atoms with E-state index >= 15 is 0 Å². The second kappa shape index (κ2) is 7.82. The minimum atomic E-state index is 0.710. The van der Waals surface area contributed by atoms with Gasteiger partial charge in [0.2, 0.25) is 5.89 Å². The molecule has 1 rings (SSSR count). The van der Waals surface area contributed by atoms with Crippen LogP contribution in [0.1, 0.15) is 18.7 Å². The van der Waals surface area contributed by atoms with Crippen LogP contribution in [0.2, 0.25) is 0 Å². The molecule has 0 radical (unpaired) electrons. The zero-order chi connectivity index (χ0) is 10.1. The zero-order valence-corrected chi connectivity index (χ0v) is 9.35. The summed E-state index contributed by atoms with van der Waals surface area (Å²) in [6, 6.07) is 0. The van der Waals surface area contributed by atoms with Crippen LogP contribution in [0.5, 0.6) is 0 Å². The first-order valence-corrected chi connectivity index (χ1v) is 6.28. The van der Waals surface area contributed by atoms with E-state index in [1.54, 1.807) is 0 Å². The number of rotatable bonds is 8. The normalized spacial score (nSPS) is 10.6. The van der Waals surface area contributed by atoms with Gasteiger partial charge >= 0.3 is 0 Å². The number of aromatic nitrogens is 2. The molecular formula is C9H17N3OS. The summed E-state index contributed by atoms with van der Waals surface area (Å²) >= 11 is 1.90. The maximum absolute atomic E-state index is 4.87. The van der Waals surface area contributed by atoms with Crippen molar-refractivity contribution < 1.29 is 4.52 Å². The smallest absolute Gasteiger partial charge is 0.227 e. The van der Waals surface area contributed by atoms with Crippen LogP contribution in [0.4, 0.5) is 0 Å². The van der Waals surface area contributed by atoms with Gasteiger partial charge in [-0.15, -0.1) is 0 Å². The minimum Gasteiger partial charge on any atom is -0.340 e. The van der Waals surface area contributed by atoms with Crippen LogP contribution < -0.4 is 5.32 Å². The van der Waals surface area contributed by atoms with Crippen molar-refractivity contribution in [1.29, 1.82) is 0 Å². The fourth-order valence-electron chi connectivity index (χ4n) is 1.12. The second-order valence-electron chi connectivity index (χ2n) is 3.03. The molecule has 1 N–H and O–H groups in total. The number of unbranched alkanes of at least 4 members (excludes halogenated alkanes) is 1. The van der Waals surface area contributed by atoms with Gasteiger partial charge in [-0.25, -0.2) is 0 Å². The minimum absolute atomic E-state index is 0.710. The van der Waals surface area contributed by atoms with E-state index in [4.69, 9.17) is 4.52 Å². The number of hydrogen-bond donors (Lipinski definition) is 1. The lowest BCUT2D eigenvalue weighted by atomic mass is 10.3. The molecule has 0 saturated carbocycles. The Hall–Kier alpha value is -0.550. The van der Waals surface area contributed by atoms with E-state index in [1.165, 1.54) is 24.9 Å². The molecule has 80 valence electrons. The highest BCUT2D eigenvalue weighted by Gasteiger charge is 1.97. The summed E-state index contributed by atoms with van der Waals surface area (Å²) in [5.41, 5.74) is 0. The Labute approximate surface area is 88.8 Å². The molecule has 1 heterocycles. The topological polar surface area (TPSA) is 51.0 Å². The first-order chi connectivity index (χ1) is 6.93. The molecule has 0 unspecified atom stereocenters. The fourth-order valence-corrected chi connectivity index (χ4v) is 1.62. The highest BCUT2D eigenvalue weighted by molar-refractivity contribution is 7.98. The van der Waals surface area contributed by atoms with Crippen LogP contribution in [0, 0.1) is 0 Å². The molecule has 0 atom stereocenters. The number of nitrogens with one attached hydrogen (secondary N) is 1. The van der Waals surface area contributed by atoms with Crippen molar-refractivity contribution in [3.8, 4) is 0 Å². The van der Waals surface area contributed by atoms with Gasteiger partial charge in [0, 0.05) is 13.0 Å². The molecular weight excluding hydrogens is 198 g/mol. The van der Waals surface area contributed by atoms with Gasteiger partial charge in [-0.3, -0.25) is 0 Å². The summed E-state index contributed by atoms with van der Waals surface area (Å²) in [7, 11) is 0. The van der Waals surface area contributed by atoms with Gasteiger partial charge in [0.15, 0.2) is 6.33 Å². The Morgan fingerprint density at radius 2 is 2.36 bits per heavy atom. The lowest BCUT2D eigenvalue weighted by Gasteiger charge is -2.01. The number of thioether (sulfide) groups is 1. The van der Waals surface area contributed by atoms with Crippen molar-refractivity contribution in [2.75, 3.05) is 25.1 Å². The average Bonchev–Trinajstić information content (AvgIpc) is 2.69. The quantitative estimate of drug-likeness (QED) is 0.663. The van der Waals surface area contributed by atoms with Crippen LogP contribution in [0.15, 0.2) is 10.9 Å². The summed E-state index contributed by atoms with van der Waals surface area (Å²) in [4.78, 5) is 3.94. The predicted molar refractivity (Wildman–Crippen MR) is 58.5 cm³/mol. The lowest BCUT2D eigenvalue weighted by molar-refractivity contribution is 0.375. The molecule has 0 aromatic carbocycles. The van der Waals surface area contributed by atoms with Gasteiger partial charge in [0.25, 0.3) is 0 Å². The molecule has 5 heteroatoms. The largest absolute Gasteiger partial charge is 0.340 e. The molecule has 0 fully saturated rings. The Kier molecular flexibility index (Phi) is 6.43. The van der Waals surface area contributed by atoms with Crippen molar-refractivity contribution >= 4 is 11.8 Å². The Balaban J connectivity index is 1.85. The maximum Gasteiger partial charge on any atom is 0.227 e. The number of hydrogen-bond acceptors (Lipinski definition) is 5. The molecule has 1 aromatic heterocycles. The van der Waals surface area contributed by atoms with E-state index in [0.717, 1.165) is 19.5 Å². The Morgan fingerprint density at radius 1 is 1.43 bits per heavy atom. The first-order valence-electron chi connectivity index (χ1n) is 4.88. The number of nitrogens with zero attached hydrogens (tertiary/aromatic N) is 2. The molecule has 0 aliphatic heterocycles. The second-order valence-corrected chi connectivity index (χ2v) is 4.02. The average molecular weight is 215 g/mol. The van der Waals surface area contributed by atoms with Gasteiger partial charge in [0.1, 0.15) is 0 Å². The van der Waals surface area contributed by atoms with Crippen molar-refractivity contribution in [3.05, 3.63) is 12.2 Å². The fraction of sp³-hybridized carbons (Fsp3) is 0.778. The van der Waals surface area contributed by atoms with Gasteiger partial charge in [-0.1, -0.05) is 5.16 Å². The summed E-state index contributed by atoms with van der Waals surface area (Å²) in [6.07, 6.45) is 6.93. The third-order valence-corrected chi connectivity index (χ3v) is 2.57. The summed E-state index contributed by atoms with van der Waals surface area (Å²) in [5.74, 6) is 1.97. The lowest BCUT2D eigenvalue weighted by Crippen LogP contribution is -2.18. The molecule has 0 spiro atoms. The predicted octanol–water partition coefficient (Wildman–Crippen LogP) is 1.34. The van der Waals surface area contributed by atoms with Gasteiger partial charge in [-0.2, -0.15) is 16.7 Å². The van der Waals surface area contributed by atoms with Gasteiger partial charge in [-0.05, 0) is 31.4 Å². The highest BCUT2D eigenvalue weighted by atomic mass is 32.2. The molecule has 0 aliphatic carbocycles. The first kappa shape index (κ1) is 11.5. The Morgan fingerprint density at radius 3 is 3.07 bits per heavy atom. The third-order valence-electron chi connectivity index (χ3n) is 1.87. The van der Waals surface area contributed by atoms with E-state index in [2.05, 4.69) is 21.7 Å². The third kappa shape index (κ3) is 5.24. The SMILES string of the molecule is CSCCCCNCCc1ncno1. The summed E-state index contributed by atoms with van der Waals surface area (Å²) in [6.45, 7) is 2.00. The monoisotopic (exact) mass is 215 g/mol. The molecule has 0 bridgehead atoms. The van der Waals surface area contributed by atoms with Crippen LogP contribution in [-0.2, 0) is 6.42 Å². The van der Waals surface area contributed by atoms with E-state index in [0.29, 0.717) is 5.89 Å². The molecule has 1 aromatic rings. The molecule has 0 saturated heterocycles. The molecule has 14 heavy (non-hydrogen) atoms. The van der Waals surface area contributed by atoms with Gasteiger partial charge in [0.05, 0.1) is 0 Å². The highest BCUT2D eigenvalue weighted by Crippen LogP contribution is 1.97. The molecule has 4 nitrogen and oxygen atoms in total. The molecule has 0 aliphatic rings. The van der Waals surface area contributed by atoms with E-state index < -0.39 is 0 Å². The van der Waals surface area contributed by atoms with Crippen molar-refractivity contribution in [2.45, 2.75) is 19.3 Å². The van der Waals surface area contributed by atoms with Crippen molar-refractivity contribution in [1.82, 2.24) is 15.5 Å². The van der Waals surface area contributed by atoms with E-state index in [9.17, 15) is 0 Å². The van der Waals surface area contributed by atoms with Crippen LogP contribution in [0.3, 0.4) is 0 Å². The van der Waals surface area contributed by atoms with Gasteiger partial charge < -0.3 is 9.84 Å². The van der Waals surface area contributed by atoms with Crippen molar-refractivity contribution in [3.63, 3.8) is 0 Å². The zero-order valence-electron chi connectivity index (χ0n) is 8.53. The van der Waals surface area contributed by atoms with E-state index in [-0.39, 0.29) is 0 Å². The van der Waals surface area contributed by atoms with Crippen LogP contribution in [-0.4, -0.2) is 35.2 Å². The summed E-state index contributed by atoms with van der Waals surface area (Å²) < 4.78 is 4.87. The van der Waals surface area contributed by atoms with Crippen LogP contribution in [0.25, 0.3) is 0 Å². The summed E-state index contributed by atoms with van der Waals surface area (Å²) in [5, 5.41) is 6.89. The maximum atomic E-state index is 4.87. The molecule has 0 amide bonds.